The second-order valence-corrected chi connectivity index (χ2v) is 11.3. The molecule has 0 aromatic heterocycles. The maximum atomic E-state index is 13.1. The number of benzene rings is 2. The molecule has 1 aliphatic heterocycles. The molecule has 0 radical (unpaired) electrons. The smallest absolute Gasteiger partial charge is 0.308 e. The van der Waals surface area contributed by atoms with Crippen LogP contribution < -0.4 is 23.7 Å². The first-order valence-corrected chi connectivity index (χ1v) is 15.9. The highest BCUT2D eigenvalue weighted by molar-refractivity contribution is 5.75. The van der Waals surface area contributed by atoms with Crippen LogP contribution in [0, 0.1) is 0 Å². The standard InChI is InChI=1S/C35H44O11/c1-6-7-8-9-10-11-12-13-14-15-34(40)45-33-21-28-30(43-24(4)38)19-27(41-22(2)36)20-31(28)46-35(33)26-16-17-29(42-23(3)37)32(18-26)44-25(5)39/h16-20,33,35H,6-15,21H2,1-5H3/t33-,35+/m0/s1. The van der Waals surface area contributed by atoms with E-state index in [9.17, 15) is 24.0 Å². The monoisotopic (exact) mass is 640 g/mol. The summed E-state index contributed by atoms with van der Waals surface area (Å²) in [6.07, 6.45) is 8.47. The van der Waals surface area contributed by atoms with Gasteiger partial charge in [-0.2, -0.15) is 0 Å². The molecule has 2 aromatic carbocycles. The zero-order chi connectivity index (χ0) is 33.6. The van der Waals surface area contributed by atoms with E-state index >= 15 is 0 Å². The molecule has 0 spiro atoms. The van der Waals surface area contributed by atoms with Crippen LogP contribution in [0.25, 0.3) is 0 Å². The maximum Gasteiger partial charge on any atom is 0.308 e. The zero-order valence-corrected chi connectivity index (χ0v) is 27.3. The molecule has 0 unspecified atom stereocenters. The van der Waals surface area contributed by atoms with Crippen molar-refractivity contribution < 1.29 is 52.4 Å². The minimum atomic E-state index is -0.919. The summed E-state index contributed by atoms with van der Waals surface area (Å²) in [5.41, 5.74) is 0.894. The van der Waals surface area contributed by atoms with Crippen molar-refractivity contribution in [3.63, 3.8) is 0 Å². The van der Waals surface area contributed by atoms with Gasteiger partial charge in [0.05, 0.1) is 0 Å². The molecular formula is C35H44O11. The largest absolute Gasteiger partial charge is 0.481 e. The van der Waals surface area contributed by atoms with Crippen LogP contribution in [0.3, 0.4) is 0 Å². The van der Waals surface area contributed by atoms with Crippen LogP contribution in [0.5, 0.6) is 28.7 Å². The summed E-state index contributed by atoms with van der Waals surface area (Å²) in [5.74, 6) is -2.41. The van der Waals surface area contributed by atoms with Crippen molar-refractivity contribution >= 4 is 29.8 Å². The predicted molar refractivity (Wildman–Crippen MR) is 167 cm³/mol. The van der Waals surface area contributed by atoms with Crippen molar-refractivity contribution in [1.29, 1.82) is 0 Å². The van der Waals surface area contributed by atoms with E-state index in [1.807, 2.05) is 0 Å². The third-order valence-electron chi connectivity index (χ3n) is 7.22. The molecular weight excluding hydrogens is 596 g/mol. The topological polar surface area (TPSA) is 141 Å². The molecule has 0 N–H and O–H groups in total. The van der Waals surface area contributed by atoms with Gasteiger partial charge in [0.1, 0.15) is 23.4 Å². The van der Waals surface area contributed by atoms with E-state index in [-0.39, 0.29) is 41.6 Å². The summed E-state index contributed by atoms with van der Waals surface area (Å²) in [5, 5.41) is 0. The zero-order valence-electron chi connectivity index (χ0n) is 27.3. The minimum Gasteiger partial charge on any atom is -0.481 e. The lowest BCUT2D eigenvalue weighted by molar-refractivity contribution is -0.155. The van der Waals surface area contributed by atoms with E-state index in [2.05, 4.69) is 6.92 Å². The van der Waals surface area contributed by atoms with Gasteiger partial charge in [-0.3, -0.25) is 24.0 Å². The lowest BCUT2D eigenvalue weighted by atomic mass is 9.93. The molecule has 2 atom stereocenters. The predicted octanol–water partition coefficient (Wildman–Crippen LogP) is 6.90. The van der Waals surface area contributed by atoms with Crippen molar-refractivity contribution in [2.45, 2.75) is 117 Å². The highest BCUT2D eigenvalue weighted by Gasteiger charge is 2.37. The fourth-order valence-corrected chi connectivity index (χ4v) is 5.26. The Morgan fingerprint density at radius 3 is 1.85 bits per heavy atom. The number of unbranched alkanes of at least 4 members (excludes halogenated alkanes) is 8. The van der Waals surface area contributed by atoms with Gasteiger partial charge < -0.3 is 28.4 Å². The average molecular weight is 641 g/mol. The van der Waals surface area contributed by atoms with Crippen molar-refractivity contribution in [3.8, 4) is 28.7 Å². The van der Waals surface area contributed by atoms with Gasteiger partial charge in [0.15, 0.2) is 17.6 Å². The normalized spacial score (nSPS) is 15.2. The van der Waals surface area contributed by atoms with E-state index in [0.717, 1.165) is 19.3 Å². The summed E-state index contributed by atoms with van der Waals surface area (Å²) >= 11 is 0. The molecule has 1 heterocycles. The molecule has 3 rings (SSSR count). The number of carbonyl (C=O) groups excluding carboxylic acids is 5. The van der Waals surface area contributed by atoms with Gasteiger partial charge in [-0.1, -0.05) is 64.4 Å². The summed E-state index contributed by atoms with van der Waals surface area (Å²) in [6.45, 7) is 7.10. The molecule has 46 heavy (non-hydrogen) atoms. The molecule has 0 saturated carbocycles. The Morgan fingerprint density at radius 2 is 1.24 bits per heavy atom. The van der Waals surface area contributed by atoms with E-state index < -0.39 is 42.1 Å². The Balaban J connectivity index is 1.88. The first-order valence-electron chi connectivity index (χ1n) is 15.9. The third-order valence-corrected chi connectivity index (χ3v) is 7.22. The Bertz CT molecular complexity index is 1400. The first kappa shape index (κ1) is 36.1. The fraction of sp³-hybridized carbons (Fsp3) is 0.514. The first-order chi connectivity index (χ1) is 22.0. The van der Waals surface area contributed by atoms with Crippen LogP contribution in [-0.4, -0.2) is 36.0 Å². The molecule has 0 fully saturated rings. The Morgan fingerprint density at radius 1 is 0.674 bits per heavy atom. The molecule has 11 nitrogen and oxygen atoms in total. The Labute approximate surface area is 269 Å². The summed E-state index contributed by atoms with van der Waals surface area (Å²) in [7, 11) is 0. The molecule has 11 heteroatoms. The van der Waals surface area contributed by atoms with Crippen molar-refractivity contribution in [1.82, 2.24) is 0 Å². The summed E-state index contributed by atoms with van der Waals surface area (Å²) in [6, 6.07) is 7.41. The van der Waals surface area contributed by atoms with Gasteiger partial charge in [0.25, 0.3) is 0 Å². The van der Waals surface area contributed by atoms with E-state index in [1.54, 1.807) is 6.07 Å². The molecule has 0 aliphatic carbocycles. The van der Waals surface area contributed by atoms with Gasteiger partial charge in [0.2, 0.25) is 0 Å². The molecule has 0 saturated heterocycles. The van der Waals surface area contributed by atoms with E-state index in [0.29, 0.717) is 17.5 Å². The van der Waals surface area contributed by atoms with Crippen LogP contribution in [0.4, 0.5) is 0 Å². The van der Waals surface area contributed by atoms with E-state index in [1.165, 1.54) is 84.1 Å². The third kappa shape index (κ3) is 11.5. The van der Waals surface area contributed by atoms with Gasteiger partial charge in [-0.15, -0.1) is 0 Å². The number of hydrogen-bond acceptors (Lipinski definition) is 11. The molecule has 0 amide bonds. The number of carbonyl (C=O) groups is 5. The summed E-state index contributed by atoms with van der Waals surface area (Å²) < 4.78 is 33.5. The Hall–Kier alpha value is -4.41. The highest BCUT2D eigenvalue weighted by atomic mass is 16.6. The molecule has 2 aromatic rings. The van der Waals surface area contributed by atoms with Gasteiger partial charge in [0, 0.05) is 63.8 Å². The second kappa shape index (κ2) is 17.9. The van der Waals surface area contributed by atoms with Crippen molar-refractivity contribution in [2.75, 3.05) is 0 Å². The van der Waals surface area contributed by atoms with Crippen LogP contribution in [0.1, 0.15) is 116 Å². The second-order valence-electron chi connectivity index (χ2n) is 11.3. The average Bonchev–Trinajstić information content (AvgIpc) is 2.96. The quantitative estimate of drug-likeness (QED) is 0.107. The van der Waals surface area contributed by atoms with Gasteiger partial charge in [-0.25, -0.2) is 0 Å². The summed E-state index contributed by atoms with van der Waals surface area (Å²) in [4.78, 5) is 60.2. The maximum absolute atomic E-state index is 13.1. The van der Waals surface area contributed by atoms with Crippen LogP contribution >= 0.6 is 0 Å². The molecule has 250 valence electrons. The highest BCUT2D eigenvalue weighted by Crippen LogP contribution is 2.45. The molecule has 0 bridgehead atoms. The molecule has 1 aliphatic rings. The number of hydrogen-bond donors (Lipinski definition) is 0. The van der Waals surface area contributed by atoms with Crippen LogP contribution in [0.15, 0.2) is 30.3 Å². The van der Waals surface area contributed by atoms with Gasteiger partial charge >= 0.3 is 29.8 Å². The number of rotatable bonds is 16. The van der Waals surface area contributed by atoms with Crippen LogP contribution in [0.2, 0.25) is 0 Å². The van der Waals surface area contributed by atoms with Gasteiger partial charge in [-0.05, 0) is 18.6 Å². The van der Waals surface area contributed by atoms with Crippen LogP contribution in [-0.2, 0) is 35.1 Å². The minimum absolute atomic E-state index is 0.0239. The van der Waals surface area contributed by atoms with Crippen molar-refractivity contribution in [3.05, 3.63) is 41.5 Å². The number of fused-ring (bicyclic) bond motifs is 1. The lowest BCUT2D eigenvalue weighted by Gasteiger charge is -2.34. The SMILES string of the molecule is CCCCCCCCCCCC(=O)O[C@H]1Cc2c(OC(C)=O)cc(OC(C)=O)cc2O[C@@H]1c1ccc(OC(C)=O)c(OC(C)=O)c1. The lowest BCUT2D eigenvalue weighted by Crippen LogP contribution is -2.35. The van der Waals surface area contributed by atoms with E-state index in [4.69, 9.17) is 28.4 Å². The number of ether oxygens (including phenoxy) is 6. The Kier molecular flexibility index (Phi) is 14.0. The van der Waals surface area contributed by atoms with Crippen molar-refractivity contribution in [2.24, 2.45) is 0 Å². The number of esters is 5. The fourth-order valence-electron chi connectivity index (χ4n) is 5.26.